The standard InChI is InChI=1S/C12H16FNO2/c1-3-16-5-4-14(2)12-7-10(9-15)6-11(13)8-12/h6-9H,3-5H2,1-2H3. The Morgan fingerprint density at radius 1 is 1.44 bits per heavy atom. The Bertz CT molecular complexity index is 355. The molecule has 0 amide bonds. The third-order valence-electron chi connectivity index (χ3n) is 2.26. The summed E-state index contributed by atoms with van der Waals surface area (Å²) < 4.78 is 18.4. The molecule has 1 rings (SSSR count). The third-order valence-corrected chi connectivity index (χ3v) is 2.26. The van der Waals surface area contributed by atoms with Gasteiger partial charge in [0.15, 0.2) is 0 Å². The Morgan fingerprint density at radius 3 is 2.81 bits per heavy atom. The first-order chi connectivity index (χ1) is 7.67. The molecule has 16 heavy (non-hydrogen) atoms. The van der Waals surface area contributed by atoms with Gasteiger partial charge in [-0.2, -0.15) is 0 Å². The number of halogens is 1. The van der Waals surface area contributed by atoms with Crippen LogP contribution < -0.4 is 4.90 Å². The van der Waals surface area contributed by atoms with Crippen LogP contribution in [0.15, 0.2) is 18.2 Å². The van der Waals surface area contributed by atoms with Crippen LogP contribution in [0.3, 0.4) is 0 Å². The van der Waals surface area contributed by atoms with E-state index in [9.17, 15) is 9.18 Å². The summed E-state index contributed by atoms with van der Waals surface area (Å²) in [7, 11) is 1.84. The maximum Gasteiger partial charge on any atom is 0.150 e. The van der Waals surface area contributed by atoms with Gasteiger partial charge in [-0.1, -0.05) is 0 Å². The molecule has 0 heterocycles. The molecule has 0 N–H and O–H groups in total. The van der Waals surface area contributed by atoms with Gasteiger partial charge in [0.1, 0.15) is 12.1 Å². The van der Waals surface area contributed by atoms with Crippen LogP contribution >= 0.6 is 0 Å². The van der Waals surface area contributed by atoms with Gasteiger partial charge in [0.2, 0.25) is 0 Å². The highest BCUT2D eigenvalue weighted by atomic mass is 19.1. The van der Waals surface area contributed by atoms with Gasteiger partial charge in [-0.15, -0.1) is 0 Å². The van der Waals surface area contributed by atoms with Crippen LogP contribution in [0.5, 0.6) is 0 Å². The summed E-state index contributed by atoms with van der Waals surface area (Å²) >= 11 is 0. The van der Waals surface area contributed by atoms with Crippen molar-refractivity contribution in [2.24, 2.45) is 0 Å². The number of nitrogens with zero attached hydrogens (tertiary/aromatic N) is 1. The predicted molar refractivity (Wildman–Crippen MR) is 61.6 cm³/mol. The molecule has 4 heteroatoms. The minimum Gasteiger partial charge on any atom is -0.380 e. The maximum absolute atomic E-state index is 13.1. The Hall–Kier alpha value is -1.42. The van der Waals surface area contributed by atoms with Crippen molar-refractivity contribution in [3.8, 4) is 0 Å². The lowest BCUT2D eigenvalue weighted by Crippen LogP contribution is -2.22. The molecule has 0 saturated heterocycles. The molecule has 0 saturated carbocycles. The molecule has 0 spiro atoms. The maximum atomic E-state index is 13.1. The summed E-state index contributed by atoms with van der Waals surface area (Å²) in [5, 5.41) is 0. The van der Waals surface area contributed by atoms with Crippen LogP contribution in [0, 0.1) is 5.82 Å². The molecule has 0 fully saturated rings. The number of carbonyl (C=O) groups is 1. The lowest BCUT2D eigenvalue weighted by Gasteiger charge is -2.19. The van der Waals surface area contributed by atoms with Crippen molar-refractivity contribution in [3.05, 3.63) is 29.6 Å². The number of hydrogen-bond donors (Lipinski definition) is 0. The summed E-state index contributed by atoms with van der Waals surface area (Å²) in [6.45, 7) is 3.83. The molecule has 0 unspecified atom stereocenters. The van der Waals surface area contributed by atoms with E-state index in [0.717, 1.165) is 0 Å². The van der Waals surface area contributed by atoms with E-state index in [-0.39, 0.29) is 0 Å². The molecular weight excluding hydrogens is 209 g/mol. The van der Waals surface area contributed by atoms with Gasteiger partial charge in [-0.25, -0.2) is 4.39 Å². The summed E-state index contributed by atoms with van der Waals surface area (Å²) in [5.41, 5.74) is 1.03. The van der Waals surface area contributed by atoms with Gasteiger partial charge < -0.3 is 9.64 Å². The third kappa shape index (κ3) is 3.62. The van der Waals surface area contributed by atoms with Crippen molar-refractivity contribution in [2.45, 2.75) is 6.92 Å². The summed E-state index contributed by atoms with van der Waals surface area (Å²) in [5.74, 6) is -0.400. The van der Waals surface area contributed by atoms with Gasteiger partial charge in [0.05, 0.1) is 6.61 Å². The van der Waals surface area contributed by atoms with Crippen molar-refractivity contribution in [2.75, 3.05) is 31.7 Å². The van der Waals surface area contributed by atoms with Crippen molar-refractivity contribution >= 4 is 12.0 Å². The zero-order valence-corrected chi connectivity index (χ0v) is 9.57. The SMILES string of the molecule is CCOCCN(C)c1cc(F)cc(C=O)c1. The van der Waals surface area contributed by atoms with E-state index in [1.54, 1.807) is 6.07 Å². The largest absolute Gasteiger partial charge is 0.380 e. The van der Waals surface area contributed by atoms with Crippen molar-refractivity contribution < 1.29 is 13.9 Å². The van der Waals surface area contributed by atoms with E-state index in [0.29, 0.717) is 37.3 Å². The van der Waals surface area contributed by atoms with Crippen molar-refractivity contribution in [1.82, 2.24) is 0 Å². The molecule has 0 radical (unpaired) electrons. The van der Waals surface area contributed by atoms with Gasteiger partial charge in [0.25, 0.3) is 0 Å². The molecule has 0 atom stereocenters. The molecule has 88 valence electrons. The molecule has 0 aliphatic rings. The van der Waals surface area contributed by atoms with Gasteiger partial charge in [-0.3, -0.25) is 4.79 Å². The van der Waals surface area contributed by atoms with E-state index in [4.69, 9.17) is 4.74 Å². The normalized spacial score (nSPS) is 10.2. The van der Waals surface area contributed by atoms with Crippen LogP contribution in [0.2, 0.25) is 0 Å². The number of benzene rings is 1. The fourth-order valence-corrected chi connectivity index (χ4v) is 1.36. The first-order valence-corrected chi connectivity index (χ1v) is 5.22. The second-order valence-corrected chi connectivity index (χ2v) is 3.48. The monoisotopic (exact) mass is 225 g/mol. The summed E-state index contributed by atoms with van der Waals surface area (Å²) in [6, 6.07) is 4.27. The summed E-state index contributed by atoms with van der Waals surface area (Å²) in [6.07, 6.45) is 0.642. The quantitative estimate of drug-likeness (QED) is 0.548. The Kier molecular flexibility index (Phi) is 4.92. The Labute approximate surface area is 94.8 Å². The first-order valence-electron chi connectivity index (χ1n) is 5.22. The van der Waals surface area contributed by atoms with Gasteiger partial charge in [-0.05, 0) is 25.1 Å². The van der Waals surface area contributed by atoms with Gasteiger partial charge >= 0.3 is 0 Å². The topological polar surface area (TPSA) is 29.5 Å². The molecule has 3 nitrogen and oxygen atoms in total. The minimum absolute atomic E-state index is 0.346. The molecule has 0 aromatic heterocycles. The van der Waals surface area contributed by atoms with E-state index in [2.05, 4.69) is 0 Å². The van der Waals surface area contributed by atoms with E-state index in [1.165, 1.54) is 12.1 Å². The number of likely N-dealkylation sites (N-methyl/N-ethyl adjacent to an activating group) is 1. The molecule has 0 aliphatic carbocycles. The molecule has 0 bridgehead atoms. The van der Waals surface area contributed by atoms with E-state index in [1.807, 2.05) is 18.9 Å². The van der Waals surface area contributed by atoms with Crippen LogP contribution in [-0.2, 0) is 4.74 Å². The number of ether oxygens (including phenoxy) is 1. The first kappa shape index (κ1) is 12.6. The minimum atomic E-state index is -0.400. The number of anilines is 1. The zero-order valence-electron chi connectivity index (χ0n) is 9.57. The average molecular weight is 225 g/mol. The van der Waals surface area contributed by atoms with Crippen molar-refractivity contribution in [3.63, 3.8) is 0 Å². The fourth-order valence-electron chi connectivity index (χ4n) is 1.36. The second-order valence-electron chi connectivity index (χ2n) is 3.48. The highest BCUT2D eigenvalue weighted by molar-refractivity contribution is 5.77. The second kappa shape index (κ2) is 6.23. The van der Waals surface area contributed by atoms with E-state index >= 15 is 0 Å². The molecule has 1 aromatic carbocycles. The number of rotatable bonds is 6. The van der Waals surface area contributed by atoms with Crippen LogP contribution in [0.4, 0.5) is 10.1 Å². The number of hydrogen-bond acceptors (Lipinski definition) is 3. The fraction of sp³-hybridized carbons (Fsp3) is 0.417. The molecular formula is C12H16FNO2. The zero-order chi connectivity index (χ0) is 12.0. The highest BCUT2D eigenvalue weighted by Gasteiger charge is 2.04. The predicted octanol–water partition coefficient (Wildman–Crippen LogP) is 2.11. The Morgan fingerprint density at radius 2 is 2.19 bits per heavy atom. The van der Waals surface area contributed by atoms with Crippen LogP contribution in [0.25, 0.3) is 0 Å². The molecule has 1 aromatic rings. The smallest absolute Gasteiger partial charge is 0.150 e. The number of carbonyl (C=O) groups excluding carboxylic acids is 1. The van der Waals surface area contributed by atoms with Crippen LogP contribution in [-0.4, -0.2) is 33.1 Å². The number of aldehydes is 1. The Balaban J connectivity index is 2.70. The summed E-state index contributed by atoms with van der Waals surface area (Å²) in [4.78, 5) is 12.4. The average Bonchev–Trinajstić information content (AvgIpc) is 2.28. The van der Waals surface area contributed by atoms with E-state index < -0.39 is 5.82 Å². The highest BCUT2D eigenvalue weighted by Crippen LogP contribution is 2.16. The lowest BCUT2D eigenvalue weighted by molar-refractivity contribution is 0.112. The van der Waals surface area contributed by atoms with Gasteiger partial charge in [0, 0.05) is 31.5 Å². The van der Waals surface area contributed by atoms with Crippen molar-refractivity contribution in [1.29, 1.82) is 0 Å². The molecule has 0 aliphatic heterocycles. The lowest BCUT2D eigenvalue weighted by atomic mass is 10.2. The van der Waals surface area contributed by atoms with Crippen LogP contribution in [0.1, 0.15) is 17.3 Å².